The number of hydrogen-bond donors (Lipinski definition) is 3. The molecule has 3 amide bonds. The van der Waals surface area contributed by atoms with E-state index < -0.39 is 23.5 Å². The summed E-state index contributed by atoms with van der Waals surface area (Å²) in [5, 5.41) is 14.7. The average Bonchev–Trinajstić information content (AvgIpc) is 3.19. The maximum atomic E-state index is 13.1. The highest BCUT2D eigenvalue weighted by Crippen LogP contribution is 2.58. The van der Waals surface area contributed by atoms with Crippen LogP contribution in [0.3, 0.4) is 0 Å². The first-order valence-electron chi connectivity index (χ1n) is 8.98. The molecule has 25 heavy (non-hydrogen) atoms. The largest absolute Gasteiger partial charge is 0.396 e. The van der Waals surface area contributed by atoms with E-state index in [0.717, 1.165) is 0 Å². The predicted molar refractivity (Wildman–Crippen MR) is 88.4 cm³/mol. The first-order valence-corrected chi connectivity index (χ1v) is 8.98. The lowest BCUT2D eigenvalue weighted by molar-refractivity contribution is -0.142. The Morgan fingerprint density at radius 1 is 1.40 bits per heavy atom. The number of aliphatic hydroxyl groups is 1. The molecule has 0 aromatic rings. The molecule has 0 saturated carbocycles. The van der Waals surface area contributed by atoms with Gasteiger partial charge in [-0.05, 0) is 33.1 Å². The van der Waals surface area contributed by atoms with Gasteiger partial charge in [-0.25, -0.2) is 0 Å². The molecule has 3 heterocycles. The smallest absolute Gasteiger partial charge is 0.246 e. The molecule has 2 unspecified atom stereocenters. The number of nitrogens with one attached hydrogen (secondary N) is 2. The van der Waals surface area contributed by atoms with Crippen LogP contribution in [0.4, 0.5) is 0 Å². The summed E-state index contributed by atoms with van der Waals surface area (Å²) >= 11 is 0. The van der Waals surface area contributed by atoms with Gasteiger partial charge in [0.2, 0.25) is 17.7 Å². The van der Waals surface area contributed by atoms with Gasteiger partial charge in [0.25, 0.3) is 0 Å². The van der Waals surface area contributed by atoms with E-state index in [4.69, 9.17) is 9.84 Å². The summed E-state index contributed by atoms with van der Waals surface area (Å²) in [7, 11) is 1.55. The van der Waals surface area contributed by atoms with E-state index in [1.165, 1.54) is 4.90 Å². The number of fused-ring (bicyclic) bond motifs is 1. The summed E-state index contributed by atoms with van der Waals surface area (Å²) in [6.07, 6.45) is 1.33. The Morgan fingerprint density at radius 2 is 2.12 bits per heavy atom. The van der Waals surface area contributed by atoms with Crippen LogP contribution in [-0.4, -0.2) is 71.7 Å². The Bertz CT molecular complexity index is 581. The second kappa shape index (κ2) is 6.57. The van der Waals surface area contributed by atoms with E-state index in [-0.39, 0.29) is 43.0 Å². The minimum atomic E-state index is -0.937. The van der Waals surface area contributed by atoms with Crippen LogP contribution in [0.5, 0.6) is 0 Å². The maximum absolute atomic E-state index is 13.1. The van der Waals surface area contributed by atoms with Gasteiger partial charge in [-0.1, -0.05) is 0 Å². The third-order valence-corrected chi connectivity index (χ3v) is 5.59. The second-order valence-electron chi connectivity index (χ2n) is 7.44. The molecule has 3 fully saturated rings. The van der Waals surface area contributed by atoms with Crippen LogP contribution in [0, 0.1) is 11.8 Å². The lowest BCUT2D eigenvalue weighted by Gasteiger charge is -2.33. The minimum absolute atomic E-state index is 0.0638. The van der Waals surface area contributed by atoms with Crippen LogP contribution in [0.1, 0.15) is 33.1 Å². The molecular formula is C17H27N3O5. The van der Waals surface area contributed by atoms with Crippen LogP contribution in [0.15, 0.2) is 0 Å². The zero-order valence-corrected chi connectivity index (χ0v) is 14.9. The minimum Gasteiger partial charge on any atom is -0.396 e. The van der Waals surface area contributed by atoms with Crippen LogP contribution in [0.25, 0.3) is 0 Å². The Labute approximate surface area is 147 Å². The van der Waals surface area contributed by atoms with Crippen molar-refractivity contribution in [2.45, 2.75) is 56.9 Å². The van der Waals surface area contributed by atoms with Gasteiger partial charge in [0, 0.05) is 26.2 Å². The molecule has 1 spiro atoms. The van der Waals surface area contributed by atoms with Crippen molar-refractivity contribution in [1.29, 1.82) is 0 Å². The van der Waals surface area contributed by atoms with Gasteiger partial charge in [-0.2, -0.15) is 0 Å². The van der Waals surface area contributed by atoms with Gasteiger partial charge in [0.05, 0.1) is 17.9 Å². The summed E-state index contributed by atoms with van der Waals surface area (Å²) in [6, 6.07) is -0.815. The van der Waals surface area contributed by atoms with Gasteiger partial charge < -0.3 is 25.4 Å². The Morgan fingerprint density at radius 3 is 2.72 bits per heavy atom. The predicted octanol–water partition coefficient (Wildman–Crippen LogP) is -0.986. The number of carbonyl (C=O) groups excluding carboxylic acids is 3. The van der Waals surface area contributed by atoms with Crippen molar-refractivity contribution in [3.63, 3.8) is 0 Å². The van der Waals surface area contributed by atoms with Crippen molar-refractivity contribution in [3.8, 4) is 0 Å². The summed E-state index contributed by atoms with van der Waals surface area (Å²) in [5.74, 6) is -1.86. The van der Waals surface area contributed by atoms with E-state index in [2.05, 4.69) is 10.6 Å². The molecule has 3 saturated heterocycles. The standard InChI is InChI=1S/C17H27N3O5/c1-9(2)19-15(23)13-17-6-5-10(25-17)11(14(22)18-3)12(17)16(24)20(13)7-4-8-21/h9-13,21H,4-8H2,1-3H3,(H,18,22)(H,19,23)/t10-,11+,12-,13?,17?/m0/s1. The van der Waals surface area contributed by atoms with Crippen LogP contribution < -0.4 is 10.6 Å². The van der Waals surface area contributed by atoms with E-state index in [0.29, 0.717) is 19.3 Å². The highest BCUT2D eigenvalue weighted by molar-refractivity contribution is 5.98. The molecule has 8 heteroatoms. The summed E-state index contributed by atoms with van der Waals surface area (Å²) in [4.78, 5) is 39.9. The van der Waals surface area contributed by atoms with Crippen molar-refractivity contribution < 1.29 is 24.2 Å². The van der Waals surface area contributed by atoms with Crippen molar-refractivity contribution in [1.82, 2.24) is 15.5 Å². The van der Waals surface area contributed by atoms with Crippen molar-refractivity contribution in [2.75, 3.05) is 20.2 Å². The van der Waals surface area contributed by atoms with Crippen molar-refractivity contribution in [3.05, 3.63) is 0 Å². The average molecular weight is 353 g/mol. The number of nitrogens with zero attached hydrogens (tertiary/aromatic N) is 1. The first-order chi connectivity index (χ1) is 11.9. The van der Waals surface area contributed by atoms with E-state index in [1.807, 2.05) is 13.8 Å². The van der Waals surface area contributed by atoms with Gasteiger partial charge in [-0.15, -0.1) is 0 Å². The lowest BCUT2D eigenvalue weighted by Crippen LogP contribution is -2.56. The summed E-state index contributed by atoms with van der Waals surface area (Å²) in [6.45, 7) is 3.94. The highest BCUT2D eigenvalue weighted by Gasteiger charge is 2.74. The fraction of sp³-hybridized carbons (Fsp3) is 0.824. The Balaban J connectivity index is 1.98. The molecule has 3 aliphatic rings. The van der Waals surface area contributed by atoms with E-state index >= 15 is 0 Å². The molecule has 140 valence electrons. The normalized spacial score (nSPS) is 36.0. The number of amides is 3. The number of ether oxygens (including phenoxy) is 1. The maximum Gasteiger partial charge on any atom is 0.246 e. The zero-order valence-electron chi connectivity index (χ0n) is 14.9. The van der Waals surface area contributed by atoms with Crippen LogP contribution in [-0.2, 0) is 19.1 Å². The quantitative estimate of drug-likeness (QED) is 0.568. The SMILES string of the molecule is CNC(=O)[C@@H]1[C@@H]2CCC3(O2)C(C(=O)NC(C)C)N(CCCO)C(=O)[C@H]13. The van der Waals surface area contributed by atoms with Gasteiger partial charge >= 0.3 is 0 Å². The van der Waals surface area contributed by atoms with Gasteiger partial charge in [-0.3, -0.25) is 14.4 Å². The monoisotopic (exact) mass is 353 g/mol. The third-order valence-electron chi connectivity index (χ3n) is 5.59. The van der Waals surface area contributed by atoms with E-state index in [9.17, 15) is 14.4 Å². The lowest BCUT2D eigenvalue weighted by atomic mass is 9.70. The summed E-state index contributed by atoms with van der Waals surface area (Å²) < 4.78 is 6.17. The molecule has 2 bridgehead atoms. The Kier molecular flexibility index (Phi) is 4.76. The topological polar surface area (TPSA) is 108 Å². The molecular weight excluding hydrogens is 326 g/mol. The Hall–Kier alpha value is -1.67. The molecule has 3 rings (SSSR count). The molecule has 3 aliphatic heterocycles. The molecule has 0 aliphatic carbocycles. The van der Waals surface area contributed by atoms with Crippen molar-refractivity contribution >= 4 is 17.7 Å². The number of aliphatic hydroxyl groups excluding tert-OH is 1. The summed E-state index contributed by atoms with van der Waals surface area (Å²) in [5.41, 5.74) is -0.937. The van der Waals surface area contributed by atoms with Crippen molar-refractivity contribution in [2.24, 2.45) is 11.8 Å². The van der Waals surface area contributed by atoms with Crippen LogP contribution >= 0.6 is 0 Å². The number of likely N-dealkylation sites (tertiary alicyclic amines) is 1. The fourth-order valence-electron chi connectivity index (χ4n) is 4.77. The zero-order chi connectivity index (χ0) is 18.4. The molecule has 0 radical (unpaired) electrons. The van der Waals surface area contributed by atoms with Gasteiger partial charge in [0.1, 0.15) is 11.6 Å². The highest BCUT2D eigenvalue weighted by atomic mass is 16.5. The van der Waals surface area contributed by atoms with E-state index in [1.54, 1.807) is 7.05 Å². The molecule has 3 N–H and O–H groups in total. The molecule has 0 aromatic heterocycles. The number of rotatable bonds is 6. The third kappa shape index (κ3) is 2.62. The molecule has 0 aromatic carbocycles. The number of hydrogen-bond acceptors (Lipinski definition) is 5. The second-order valence-corrected chi connectivity index (χ2v) is 7.44. The molecule has 8 nitrogen and oxygen atoms in total. The van der Waals surface area contributed by atoms with Crippen LogP contribution in [0.2, 0.25) is 0 Å². The van der Waals surface area contributed by atoms with Gasteiger partial charge in [0.15, 0.2) is 0 Å². The first kappa shape index (κ1) is 18.1. The molecule has 5 atom stereocenters. The number of carbonyl (C=O) groups is 3. The fourth-order valence-corrected chi connectivity index (χ4v) is 4.77.